The first kappa shape index (κ1) is 15.1. The normalized spacial score (nSPS) is 15.2. The molecule has 0 bridgehead atoms. The Kier molecular flexibility index (Phi) is 3.97. The Morgan fingerprint density at radius 1 is 1.32 bits per heavy atom. The lowest BCUT2D eigenvalue weighted by atomic mass is 10.2. The minimum Gasteiger partial charge on any atom is -0.264 e. The van der Waals surface area contributed by atoms with Crippen molar-refractivity contribution in [3.05, 3.63) is 59.7 Å². The molecule has 0 amide bonds. The minimum absolute atomic E-state index is 0.0237. The second-order valence-electron chi connectivity index (χ2n) is 5.55. The number of aromatic nitrogens is 1. The summed E-state index contributed by atoms with van der Waals surface area (Å²) in [5.41, 5.74) is 1.18. The summed E-state index contributed by atoms with van der Waals surface area (Å²) in [6.45, 7) is 1.86. The number of aryl methyl sites for hydroxylation is 1. The average molecular weight is 320 g/mol. The zero-order valence-corrected chi connectivity index (χ0v) is 13.1. The van der Waals surface area contributed by atoms with Crippen LogP contribution in [0.2, 0.25) is 0 Å². The number of hydrogen-bond donors (Lipinski definition) is 0. The molecule has 0 saturated heterocycles. The Morgan fingerprint density at radius 2 is 2.09 bits per heavy atom. The summed E-state index contributed by atoms with van der Waals surface area (Å²) >= 11 is 0. The topological polar surface area (TPSA) is 50.3 Å². The average Bonchev–Trinajstić information content (AvgIpc) is 3.33. The Balaban J connectivity index is 1.94. The summed E-state index contributed by atoms with van der Waals surface area (Å²) in [6.07, 6.45) is 5.04. The second-order valence-corrected chi connectivity index (χ2v) is 7.44. The van der Waals surface area contributed by atoms with E-state index in [9.17, 15) is 12.8 Å². The van der Waals surface area contributed by atoms with E-state index in [-0.39, 0.29) is 17.5 Å². The predicted molar refractivity (Wildman–Crippen MR) is 81.1 cm³/mol. The number of rotatable bonds is 5. The molecular weight excluding hydrogens is 303 g/mol. The van der Waals surface area contributed by atoms with E-state index in [0.29, 0.717) is 5.56 Å². The summed E-state index contributed by atoms with van der Waals surface area (Å²) in [5, 5.41) is 0. The third-order valence-corrected chi connectivity index (χ3v) is 5.65. The van der Waals surface area contributed by atoms with Gasteiger partial charge in [0.15, 0.2) is 0 Å². The molecule has 1 saturated carbocycles. The monoisotopic (exact) mass is 320 g/mol. The van der Waals surface area contributed by atoms with Gasteiger partial charge < -0.3 is 0 Å². The zero-order chi connectivity index (χ0) is 15.7. The highest BCUT2D eigenvalue weighted by Gasteiger charge is 2.38. The molecule has 1 aliphatic carbocycles. The highest BCUT2D eigenvalue weighted by atomic mass is 32.2. The Bertz CT molecular complexity index is 774. The number of benzene rings is 1. The van der Waals surface area contributed by atoms with Gasteiger partial charge in [-0.2, -0.15) is 4.31 Å². The van der Waals surface area contributed by atoms with Crippen molar-refractivity contribution >= 4 is 10.0 Å². The van der Waals surface area contributed by atoms with Gasteiger partial charge in [-0.05, 0) is 55.2 Å². The van der Waals surface area contributed by atoms with E-state index in [0.717, 1.165) is 18.4 Å². The van der Waals surface area contributed by atoms with Gasteiger partial charge in [-0.25, -0.2) is 12.8 Å². The third kappa shape index (κ3) is 3.03. The lowest BCUT2D eigenvalue weighted by Gasteiger charge is -2.22. The van der Waals surface area contributed by atoms with Gasteiger partial charge in [0.2, 0.25) is 10.0 Å². The van der Waals surface area contributed by atoms with Gasteiger partial charge in [-0.3, -0.25) is 4.98 Å². The van der Waals surface area contributed by atoms with Crippen LogP contribution in [0.3, 0.4) is 0 Å². The summed E-state index contributed by atoms with van der Waals surface area (Å²) in [7, 11) is -3.64. The summed E-state index contributed by atoms with van der Waals surface area (Å²) in [5.74, 6) is -0.399. The standard InChI is InChI=1S/C16H17FN2O2S/c1-12-9-15(6-7-16(12)17)22(20,21)19(14-4-5-14)11-13-3-2-8-18-10-13/h2-3,6-10,14H,4-5,11H2,1H3. The molecule has 4 nitrogen and oxygen atoms in total. The first-order valence-corrected chi connectivity index (χ1v) is 8.59. The van der Waals surface area contributed by atoms with E-state index in [2.05, 4.69) is 4.98 Å². The maximum absolute atomic E-state index is 13.4. The molecule has 0 N–H and O–H groups in total. The molecule has 3 rings (SSSR count). The van der Waals surface area contributed by atoms with Crippen molar-refractivity contribution in [2.45, 2.75) is 37.2 Å². The molecule has 0 aliphatic heterocycles. The van der Waals surface area contributed by atoms with Crippen LogP contribution < -0.4 is 0 Å². The first-order chi connectivity index (χ1) is 10.5. The first-order valence-electron chi connectivity index (χ1n) is 7.15. The van der Waals surface area contributed by atoms with Crippen molar-refractivity contribution in [3.8, 4) is 0 Å². The Labute approximate surface area is 129 Å². The van der Waals surface area contributed by atoms with Crippen molar-refractivity contribution in [1.29, 1.82) is 0 Å². The van der Waals surface area contributed by atoms with Gasteiger partial charge in [0.25, 0.3) is 0 Å². The molecule has 0 radical (unpaired) electrons. The number of pyridine rings is 1. The van der Waals surface area contributed by atoms with Crippen molar-refractivity contribution in [3.63, 3.8) is 0 Å². The van der Waals surface area contributed by atoms with Crippen LogP contribution in [-0.2, 0) is 16.6 Å². The van der Waals surface area contributed by atoms with Crippen LogP contribution in [0.25, 0.3) is 0 Å². The highest BCUT2D eigenvalue weighted by Crippen LogP contribution is 2.33. The minimum atomic E-state index is -3.64. The maximum atomic E-state index is 13.4. The van der Waals surface area contributed by atoms with Crippen LogP contribution in [0.4, 0.5) is 4.39 Å². The highest BCUT2D eigenvalue weighted by molar-refractivity contribution is 7.89. The number of nitrogens with zero attached hydrogens (tertiary/aromatic N) is 2. The van der Waals surface area contributed by atoms with Gasteiger partial charge in [0.05, 0.1) is 4.90 Å². The lowest BCUT2D eigenvalue weighted by Crippen LogP contribution is -2.32. The van der Waals surface area contributed by atoms with Crippen molar-refractivity contribution in [2.75, 3.05) is 0 Å². The van der Waals surface area contributed by atoms with Crippen LogP contribution in [0, 0.1) is 12.7 Å². The molecule has 1 aliphatic rings. The Hall–Kier alpha value is -1.79. The fourth-order valence-corrected chi connectivity index (χ4v) is 4.12. The van der Waals surface area contributed by atoms with E-state index < -0.39 is 15.8 Å². The van der Waals surface area contributed by atoms with Crippen molar-refractivity contribution in [2.24, 2.45) is 0 Å². The number of halogens is 1. The lowest BCUT2D eigenvalue weighted by molar-refractivity contribution is 0.398. The SMILES string of the molecule is Cc1cc(S(=O)(=O)N(Cc2cccnc2)C2CC2)ccc1F. The van der Waals surface area contributed by atoms with Crippen LogP contribution in [0.1, 0.15) is 24.0 Å². The Morgan fingerprint density at radius 3 is 2.68 bits per heavy atom. The van der Waals surface area contributed by atoms with Gasteiger partial charge in [-0.1, -0.05) is 6.07 Å². The van der Waals surface area contributed by atoms with Crippen LogP contribution >= 0.6 is 0 Å². The molecule has 1 aromatic heterocycles. The fraction of sp³-hybridized carbons (Fsp3) is 0.312. The number of hydrogen-bond acceptors (Lipinski definition) is 3. The smallest absolute Gasteiger partial charge is 0.243 e. The van der Waals surface area contributed by atoms with Gasteiger partial charge in [-0.15, -0.1) is 0 Å². The molecule has 0 spiro atoms. The summed E-state index contributed by atoms with van der Waals surface area (Å²) in [6, 6.07) is 7.59. The molecule has 6 heteroatoms. The van der Waals surface area contributed by atoms with Gasteiger partial charge in [0.1, 0.15) is 5.82 Å². The van der Waals surface area contributed by atoms with E-state index in [1.807, 2.05) is 6.07 Å². The molecule has 0 unspecified atom stereocenters. The molecule has 2 aromatic rings. The molecule has 1 heterocycles. The van der Waals surface area contributed by atoms with Gasteiger partial charge in [0, 0.05) is 25.0 Å². The number of sulfonamides is 1. The molecular formula is C16H17FN2O2S. The summed E-state index contributed by atoms with van der Waals surface area (Å²) in [4.78, 5) is 4.17. The van der Waals surface area contributed by atoms with Crippen LogP contribution in [-0.4, -0.2) is 23.7 Å². The van der Waals surface area contributed by atoms with Crippen molar-refractivity contribution in [1.82, 2.24) is 9.29 Å². The van der Waals surface area contributed by atoms with Crippen LogP contribution in [0.15, 0.2) is 47.6 Å². The van der Waals surface area contributed by atoms with E-state index >= 15 is 0 Å². The molecule has 1 aromatic carbocycles. The van der Waals surface area contributed by atoms with Gasteiger partial charge >= 0.3 is 0 Å². The molecule has 116 valence electrons. The van der Waals surface area contributed by atoms with E-state index in [1.54, 1.807) is 25.4 Å². The van der Waals surface area contributed by atoms with Crippen molar-refractivity contribution < 1.29 is 12.8 Å². The molecule has 0 atom stereocenters. The zero-order valence-electron chi connectivity index (χ0n) is 12.2. The second kappa shape index (κ2) is 5.78. The molecule has 1 fully saturated rings. The summed E-state index contributed by atoms with van der Waals surface area (Å²) < 4.78 is 40.6. The quantitative estimate of drug-likeness (QED) is 0.851. The maximum Gasteiger partial charge on any atom is 0.243 e. The molecule has 22 heavy (non-hydrogen) atoms. The largest absolute Gasteiger partial charge is 0.264 e. The van der Waals surface area contributed by atoms with E-state index in [1.165, 1.54) is 22.5 Å². The third-order valence-electron chi connectivity index (χ3n) is 3.75. The van der Waals surface area contributed by atoms with E-state index in [4.69, 9.17) is 0 Å². The van der Waals surface area contributed by atoms with Crippen LogP contribution in [0.5, 0.6) is 0 Å². The predicted octanol–water partition coefficient (Wildman–Crippen LogP) is 2.88. The fourth-order valence-electron chi connectivity index (χ4n) is 2.36.